The highest BCUT2D eigenvalue weighted by Crippen LogP contribution is 2.30. The zero-order chi connectivity index (χ0) is 18.2. The molecule has 0 radical (unpaired) electrons. The molecule has 0 aromatic carbocycles. The van der Waals surface area contributed by atoms with E-state index in [0.717, 1.165) is 60.2 Å². The molecule has 0 fully saturated rings. The highest BCUT2D eigenvalue weighted by molar-refractivity contribution is 7.14. The standard InChI is InChI=1S/C19H25N5S2/c1-24(10-4-8-20)11-5-9-21-19-22-15(17-6-2-12-25-17)14-16(23-19)18-7-3-13-26-18/h2-3,6-7,12-14H,4-5,8-11,20H2,1H3,(H,21,22,23). The Balaban J connectivity index is 1.66. The van der Waals surface area contributed by atoms with Crippen molar-refractivity contribution in [3.8, 4) is 21.1 Å². The Kier molecular flexibility index (Phi) is 7.13. The summed E-state index contributed by atoms with van der Waals surface area (Å²) in [4.78, 5) is 14.1. The molecule has 5 nitrogen and oxygen atoms in total. The van der Waals surface area contributed by atoms with E-state index in [1.165, 1.54) is 0 Å². The van der Waals surface area contributed by atoms with E-state index in [-0.39, 0.29) is 0 Å². The highest BCUT2D eigenvalue weighted by Gasteiger charge is 2.10. The first-order valence-electron chi connectivity index (χ1n) is 8.85. The molecule has 0 atom stereocenters. The van der Waals surface area contributed by atoms with Crippen molar-refractivity contribution in [2.75, 3.05) is 38.5 Å². The number of nitrogens with one attached hydrogen (secondary N) is 1. The average Bonchev–Trinajstić information content (AvgIpc) is 3.37. The van der Waals surface area contributed by atoms with Crippen LogP contribution in [0.2, 0.25) is 0 Å². The second-order valence-electron chi connectivity index (χ2n) is 6.14. The molecule has 138 valence electrons. The fourth-order valence-corrected chi connectivity index (χ4v) is 4.02. The van der Waals surface area contributed by atoms with Crippen LogP contribution in [0.4, 0.5) is 5.95 Å². The number of nitrogens with two attached hydrogens (primary N) is 1. The lowest BCUT2D eigenvalue weighted by Gasteiger charge is -2.16. The third-order valence-corrected chi connectivity index (χ3v) is 5.80. The van der Waals surface area contributed by atoms with Gasteiger partial charge in [0.1, 0.15) is 0 Å². The first-order chi connectivity index (χ1) is 12.8. The summed E-state index contributed by atoms with van der Waals surface area (Å²) >= 11 is 3.40. The van der Waals surface area contributed by atoms with Gasteiger partial charge in [0, 0.05) is 6.54 Å². The molecule has 7 heteroatoms. The van der Waals surface area contributed by atoms with Crippen LogP contribution in [0.25, 0.3) is 21.1 Å². The molecule has 0 aliphatic carbocycles. The van der Waals surface area contributed by atoms with Crippen LogP contribution in [0, 0.1) is 0 Å². The topological polar surface area (TPSA) is 67.1 Å². The summed E-state index contributed by atoms with van der Waals surface area (Å²) in [6.45, 7) is 3.68. The van der Waals surface area contributed by atoms with Crippen LogP contribution in [-0.4, -0.2) is 48.1 Å². The lowest BCUT2D eigenvalue weighted by Crippen LogP contribution is -2.24. The molecule has 26 heavy (non-hydrogen) atoms. The SMILES string of the molecule is CN(CCCN)CCCNc1nc(-c2cccs2)cc(-c2cccs2)n1. The van der Waals surface area contributed by atoms with E-state index in [0.29, 0.717) is 5.95 Å². The van der Waals surface area contributed by atoms with Crippen molar-refractivity contribution in [3.63, 3.8) is 0 Å². The van der Waals surface area contributed by atoms with Gasteiger partial charge in [-0.1, -0.05) is 12.1 Å². The molecule has 0 aliphatic heterocycles. The van der Waals surface area contributed by atoms with Crippen molar-refractivity contribution >= 4 is 28.6 Å². The fraction of sp³-hybridized carbons (Fsp3) is 0.368. The predicted molar refractivity (Wildman–Crippen MR) is 113 cm³/mol. The summed E-state index contributed by atoms with van der Waals surface area (Å²) in [5.41, 5.74) is 7.51. The van der Waals surface area contributed by atoms with Gasteiger partial charge in [0.25, 0.3) is 0 Å². The van der Waals surface area contributed by atoms with Crippen LogP contribution >= 0.6 is 22.7 Å². The van der Waals surface area contributed by atoms with Crippen molar-refractivity contribution < 1.29 is 0 Å². The van der Waals surface area contributed by atoms with Crippen LogP contribution in [0.3, 0.4) is 0 Å². The van der Waals surface area contributed by atoms with Crippen molar-refractivity contribution in [3.05, 3.63) is 41.1 Å². The van der Waals surface area contributed by atoms with Gasteiger partial charge in [-0.15, -0.1) is 22.7 Å². The quantitative estimate of drug-likeness (QED) is 0.514. The fourth-order valence-electron chi connectivity index (χ4n) is 2.65. The van der Waals surface area contributed by atoms with Crippen LogP contribution in [0.1, 0.15) is 12.8 Å². The second-order valence-corrected chi connectivity index (χ2v) is 8.04. The summed E-state index contributed by atoms with van der Waals surface area (Å²) in [6, 6.07) is 10.4. The molecule has 3 N–H and O–H groups in total. The molecule has 0 unspecified atom stereocenters. The monoisotopic (exact) mass is 387 g/mol. The van der Waals surface area contributed by atoms with E-state index in [2.05, 4.69) is 58.4 Å². The Labute approximate surface area is 162 Å². The third kappa shape index (κ3) is 5.35. The zero-order valence-corrected chi connectivity index (χ0v) is 16.7. The smallest absolute Gasteiger partial charge is 0.223 e. The van der Waals surface area contributed by atoms with E-state index < -0.39 is 0 Å². The zero-order valence-electron chi connectivity index (χ0n) is 15.0. The van der Waals surface area contributed by atoms with Crippen molar-refractivity contribution in [1.82, 2.24) is 14.9 Å². The maximum Gasteiger partial charge on any atom is 0.223 e. The van der Waals surface area contributed by atoms with Crippen LogP contribution in [0.5, 0.6) is 0 Å². The summed E-state index contributed by atoms with van der Waals surface area (Å²) in [5.74, 6) is 0.698. The Morgan fingerprint density at radius 2 is 1.62 bits per heavy atom. The number of hydrogen-bond donors (Lipinski definition) is 2. The first-order valence-corrected chi connectivity index (χ1v) is 10.6. The number of anilines is 1. The largest absolute Gasteiger partial charge is 0.354 e. The summed E-state index contributed by atoms with van der Waals surface area (Å²) in [6.07, 6.45) is 2.09. The van der Waals surface area contributed by atoms with Crippen molar-refractivity contribution in [2.45, 2.75) is 12.8 Å². The van der Waals surface area contributed by atoms with Crippen LogP contribution < -0.4 is 11.1 Å². The van der Waals surface area contributed by atoms with Gasteiger partial charge >= 0.3 is 0 Å². The number of nitrogens with zero attached hydrogens (tertiary/aromatic N) is 3. The minimum atomic E-state index is 0.698. The summed E-state index contributed by atoms with van der Waals surface area (Å²) in [7, 11) is 2.14. The second kappa shape index (κ2) is 9.78. The Bertz CT molecular complexity index is 719. The van der Waals surface area contributed by atoms with E-state index in [1.807, 2.05) is 0 Å². The maximum atomic E-state index is 5.56. The predicted octanol–water partition coefficient (Wildman–Crippen LogP) is 4.02. The summed E-state index contributed by atoms with van der Waals surface area (Å²) < 4.78 is 0. The van der Waals surface area contributed by atoms with E-state index >= 15 is 0 Å². The molecule has 3 aromatic rings. The maximum absolute atomic E-state index is 5.56. The molecule has 0 amide bonds. The number of thiophene rings is 2. The molecule has 0 spiro atoms. The average molecular weight is 388 g/mol. The van der Waals surface area contributed by atoms with Crippen molar-refractivity contribution in [2.24, 2.45) is 5.73 Å². The van der Waals surface area contributed by atoms with E-state index in [9.17, 15) is 0 Å². The molecular formula is C19H25N5S2. The molecule has 0 aliphatic rings. The van der Waals surface area contributed by atoms with E-state index in [4.69, 9.17) is 15.7 Å². The highest BCUT2D eigenvalue weighted by atomic mass is 32.1. The Morgan fingerprint density at radius 1 is 1.00 bits per heavy atom. The van der Waals surface area contributed by atoms with Gasteiger partial charge < -0.3 is 16.0 Å². The molecule has 3 aromatic heterocycles. The normalized spacial score (nSPS) is 11.2. The van der Waals surface area contributed by atoms with Crippen molar-refractivity contribution in [1.29, 1.82) is 0 Å². The molecular weight excluding hydrogens is 362 g/mol. The third-order valence-electron chi connectivity index (χ3n) is 4.02. The molecule has 0 saturated carbocycles. The van der Waals surface area contributed by atoms with Gasteiger partial charge in [0.05, 0.1) is 21.1 Å². The van der Waals surface area contributed by atoms with Gasteiger partial charge in [0.15, 0.2) is 0 Å². The van der Waals surface area contributed by atoms with Gasteiger partial charge in [0.2, 0.25) is 5.95 Å². The molecule has 0 bridgehead atoms. The van der Waals surface area contributed by atoms with Gasteiger partial charge in [-0.25, -0.2) is 9.97 Å². The summed E-state index contributed by atoms with van der Waals surface area (Å²) in [5, 5.41) is 7.55. The van der Waals surface area contributed by atoms with Crippen LogP contribution in [-0.2, 0) is 0 Å². The van der Waals surface area contributed by atoms with Gasteiger partial charge in [-0.3, -0.25) is 0 Å². The Hall–Kier alpha value is -1.80. The molecule has 0 saturated heterocycles. The molecule has 3 heterocycles. The minimum absolute atomic E-state index is 0.698. The first kappa shape index (κ1) is 19.0. The lowest BCUT2D eigenvalue weighted by molar-refractivity contribution is 0.330. The van der Waals surface area contributed by atoms with E-state index in [1.54, 1.807) is 22.7 Å². The Morgan fingerprint density at radius 3 is 2.15 bits per heavy atom. The van der Waals surface area contributed by atoms with Gasteiger partial charge in [-0.2, -0.15) is 0 Å². The minimum Gasteiger partial charge on any atom is -0.354 e. The molecule has 3 rings (SSSR count). The van der Waals surface area contributed by atoms with Crippen LogP contribution in [0.15, 0.2) is 41.1 Å². The lowest BCUT2D eigenvalue weighted by atomic mass is 10.2. The number of rotatable bonds is 10. The number of aromatic nitrogens is 2. The number of hydrogen-bond acceptors (Lipinski definition) is 7. The van der Waals surface area contributed by atoms with Gasteiger partial charge in [-0.05, 0) is 68.5 Å².